The minimum Gasteiger partial charge on any atom is -0.477 e. The van der Waals surface area contributed by atoms with E-state index >= 15 is 0 Å². The van der Waals surface area contributed by atoms with Gasteiger partial charge in [0.2, 0.25) is 5.12 Å². The number of nitrogens with zero attached hydrogens (tertiary/aromatic N) is 3. The zero-order valence-electron chi connectivity index (χ0n) is 17.0. The molecule has 15 heteroatoms. The van der Waals surface area contributed by atoms with Gasteiger partial charge in [0, 0.05) is 28.7 Å². The number of carboxylic acids is 1. The van der Waals surface area contributed by atoms with Crippen LogP contribution in [0.15, 0.2) is 32.8 Å². The SMILES string of the molecule is CON=C(C(=O)N[C@@H]1C(=O)N2C(C(=O)O)=C(CSC3=CC(=O)SC3)CS[C@H]12)c1csc(N)n1. The number of hydrogen-bond acceptors (Lipinski definition) is 12. The summed E-state index contributed by atoms with van der Waals surface area (Å²) in [6, 6.07) is -0.921. The van der Waals surface area contributed by atoms with Gasteiger partial charge in [-0.25, -0.2) is 9.78 Å². The molecule has 174 valence electrons. The molecule has 2 atom stereocenters. The molecule has 0 unspecified atom stereocenters. The fraction of sp³-hybridized carbons (Fsp3) is 0.333. The lowest BCUT2D eigenvalue weighted by Crippen LogP contribution is -2.71. The number of aliphatic carboxylic acids is 1. The third-order valence-corrected chi connectivity index (χ3v) is 8.95. The molecular weight excluding hydrogens is 510 g/mol. The van der Waals surface area contributed by atoms with Gasteiger partial charge in [0.15, 0.2) is 10.8 Å². The number of thiazole rings is 1. The number of hydrogen-bond donors (Lipinski definition) is 3. The summed E-state index contributed by atoms with van der Waals surface area (Å²) in [4.78, 5) is 59.8. The molecule has 33 heavy (non-hydrogen) atoms. The Kier molecular flexibility index (Phi) is 7.02. The molecule has 3 aliphatic rings. The zero-order chi connectivity index (χ0) is 23.7. The number of nitrogens with one attached hydrogen (secondary N) is 1. The van der Waals surface area contributed by atoms with E-state index in [1.54, 1.807) is 6.08 Å². The van der Waals surface area contributed by atoms with Gasteiger partial charge in [0.05, 0.1) is 0 Å². The predicted octanol–water partition coefficient (Wildman–Crippen LogP) is 0.705. The standard InChI is InChI=1S/C18H17N5O6S4/c1-29-22-11(9-6-33-18(19)20-9)14(25)21-12-15(26)23-13(17(27)28)7(4-32-16(12)23)3-30-8-2-10(24)31-5-8/h2,6,12,16H,3-5H2,1H3,(H2,19,20)(H,21,25)(H,27,28)/t12-,16-/m1/s1. The summed E-state index contributed by atoms with van der Waals surface area (Å²) in [5.74, 6) is -1.11. The highest BCUT2D eigenvalue weighted by Crippen LogP contribution is 2.42. The molecule has 4 rings (SSSR count). The number of anilines is 1. The first-order valence-corrected chi connectivity index (χ1v) is 13.2. The second-order valence-electron chi connectivity index (χ2n) is 6.82. The normalized spacial score (nSPS) is 22.6. The number of fused-ring (bicyclic) bond motifs is 1. The Morgan fingerprint density at radius 1 is 1.42 bits per heavy atom. The van der Waals surface area contributed by atoms with Gasteiger partial charge in [-0.05, 0) is 10.5 Å². The second kappa shape index (κ2) is 9.79. The Labute approximate surface area is 204 Å². The smallest absolute Gasteiger partial charge is 0.352 e. The molecule has 1 aromatic rings. The number of carbonyl (C=O) groups excluding carboxylic acids is 3. The van der Waals surface area contributed by atoms with Crippen LogP contribution in [-0.2, 0) is 24.0 Å². The van der Waals surface area contributed by atoms with Gasteiger partial charge in [-0.3, -0.25) is 19.3 Å². The molecule has 3 aliphatic heterocycles. The van der Waals surface area contributed by atoms with E-state index in [1.165, 1.54) is 52.7 Å². The first kappa shape index (κ1) is 23.7. The quantitative estimate of drug-likeness (QED) is 0.248. The number of aromatic nitrogens is 1. The van der Waals surface area contributed by atoms with Crippen LogP contribution >= 0.6 is 46.6 Å². The summed E-state index contributed by atoms with van der Waals surface area (Å²) < 4.78 is 0. The van der Waals surface area contributed by atoms with Crippen LogP contribution in [0.3, 0.4) is 0 Å². The van der Waals surface area contributed by atoms with E-state index in [2.05, 4.69) is 15.5 Å². The molecule has 0 radical (unpaired) electrons. The molecule has 0 aliphatic carbocycles. The molecule has 0 bridgehead atoms. The van der Waals surface area contributed by atoms with Gasteiger partial charge in [0.25, 0.3) is 11.8 Å². The van der Waals surface area contributed by atoms with E-state index in [-0.39, 0.29) is 27.3 Å². The number of nitrogen functional groups attached to an aromatic ring is 1. The van der Waals surface area contributed by atoms with Crippen molar-refractivity contribution in [2.24, 2.45) is 5.16 Å². The fourth-order valence-corrected chi connectivity index (χ4v) is 7.31. The maximum atomic E-state index is 12.8. The van der Waals surface area contributed by atoms with Crippen molar-refractivity contribution in [2.75, 3.05) is 30.1 Å². The van der Waals surface area contributed by atoms with Crippen LogP contribution in [-0.4, -0.2) is 79.4 Å². The van der Waals surface area contributed by atoms with E-state index in [0.29, 0.717) is 22.8 Å². The number of carbonyl (C=O) groups is 4. The monoisotopic (exact) mass is 527 g/mol. The van der Waals surface area contributed by atoms with Gasteiger partial charge in [-0.2, -0.15) is 0 Å². The van der Waals surface area contributed by atoms with Crippen molar-refractivity contribution in [3.8, 4) is 0 Å². The van der Waals surface area contributed by atoms with E-state index in [0.717, 1.165) is 16.2 Å². The lowest BCUT2D eigenvalue weighted by molar-refractivity contribution is -0.150. The zero-order valence-corrected chi connectivity index (χ0v) is 20.2. The number of oxime groups is 1. The van der Waals surface area contributed by atoms with Crippen LogP contribution in [0, 0.1) is 0 Å². The fourth-order valence-electron chi connectivity index (χ4n) is 3.32. The highest BCUT2D eigenvalue weighted by molar-refractivity contribution is 8.16. The van der Waals surface area contributed by atoms with Crippen molar-refractivity contribution in [1.82, 2.24) is 15.2 Å². The average Bonchev–Trinajstić information content (AvgIpc) is 3.40. The van der Waals surface area contributed by atoms with Crippen molar-refractivity contribution in [3.05, 3.63) is 33.3 Å². The summed E-state index contributed by atoms with van der Waals surface area (Å²) in [5.41, 5.74) is 6.21. The second-order valence-corrected chi connectivity index (χ2v) is 10.9. The van der Waals surface area contributed by atoms with E-state index in [1.807, 2.05) is 0 Å². The number of amides is 2. The molecule has 2 amide bonds. The maximum Gasteiger partial charge on any atom is 0.352 e. The highest BCUT2D eigenvalue weighted by atomic mass is 32.2. The van der Waals surface area contributed by atoms with Crippen molar-refractivity contribution in [3.63, 3.8) is 0 Å². The molecule has 0 spiro atoms. The van der Waals surface area contributed by atoms with Gasteiger partial charge >= 0.3 is 5.97 Å². The van der Waals surface area contributed by atoms with Crippen LogP contribution in [0.4, 0.5) is 5.13 Å². The number of thioether (sulfide) groups is 3. The molecule has 0 saturated carbocycles. The lowest BCUT2D eigenvalue weighted by Gasteiger charge is -2.49. The van der Waals surface area contributed by atoms with Crippen molar-refractivity contribution < 1.29 is 29.1 Å². The molecule has 1 fully saturated rings. The predicted molar refractivity (Wildman–Crippen MR) is 128 cm³/mol. The van der Waals surface area contributed by atoms with Crippen LogP contribution < -0.4 is 11.1 Å². The van der Waals surface area contributed by atoms with Gasteiger partial charge in [-0.15, -0.1) is 34.9 Å². The molecular formula is C18H17N5O6S4. The van der Waals surface area contributed by atoms with Crippen LogP contribution in [0.2, 0.25) is 0 Å². The third kappa shape index (κ3) is 4.76. The van der Waals surface area contributed by atoms with E-state index in [9.17, 15) is 24.3 Å². The average molecular weight is 528 g/mol. The number of nitrogens with two attached hydrogens (primary N) is 1. The van der Waals surface area contributed by atoms with Crippen LogP contribution in [0.5, 0.6) is 0 Å². The summed E-state index contributed by atoms with van der Waals surface area (Å²) >= 11 is 5.08. The van der Waals surface area contributed by atoms with Gasteiger partial charge in [0.1, 0.15) is 29.9 Å². The Hall–Kier alpha value is -2.49. The molecule has 0 aromatic carbocycles. The molecule has 1 saturated heterocycles. The number of rotatable bonds is 8. The summed E-state index contributed by atoms with van der Waals surface area (Å²) in [7, 11) is 1.27. The van der Waals surface area contributed by atoms with Crippen LogP contribution in [0.25, 0.3) is 0 Å². The third-order valence-electron chi connectivity index (χ3n) is 4.77. The number of carboxylic acid groups (broad SMARTS) is 1. The Balaban J connectivity index is 1.48. The summed E-state index contributed by atoms with van der Waals surface area (Å²) in [5, 5.41) is 17.3. The molecule has 11 nitrogen and oxygen atoms in total. The lowest BCUT2D eigenvalue weighted by atomic mass is 10.0. The number of β-lactam (4-membered cyclic amide) rings is 1. The topological polar surface area (TPSA) is 164 Å². The van der Waals surface area contributed by atoms with Gasteiger partial charge < -0.3 is 21.0 Å². The maximum absolute atomic E-state index is 12.8. The minimum atomic E-state index is -1.21. The van der Waals surface area contributed by atoms with Crippen LogP contribution in [0.1, 0.15) is 5.69 Å². The molecule has 4 N–H and O–H groups in total. The van der Waals surface area contributed by atoms with Crippen molar-refractivity contribution >= 4 is 80.4 Å². The Morgan fingerprint density at radius 3 is 2.82 bits per heavy atom. The van der Waals surface area contributed by atoms with E-state index < -0.39 is 29.2 Å². The van der Waals surface area contributed by atoms with E-state index in [4.69, 9.17) is 10.6 Å². The highest BCUT2D eigenvalue weighted by Gasteiger charge is 2.54. The van der Waals surface area contributed by atoms with Crippen molar-refractivity contribution in [1.29, 1.82) is 0 Å². The molecule has 4 heterocycles. The Morgan fingerprint density at radius 2 is 2.21 bits per heavy atom. The largest absolute Gasteiger partial charge is 0.477 e. The minimum absolute atomic E-state index is 0.0174. The summed E-state index contributed by atoms with van der Waals surface area (Å²) in [6.07, 6.45) is 1.55. The Bertz CT molecular complexity index is 1130. The molecule has 1 aromatic heterocycles. The van der Waals surface area contributed by atoms with Gasteiger partial charge in [-0.1, -0.05) is 16.9 Å². The first-order valence-electron chi connectivity index (χ1n) is 9.33. The van der Waals surface area contributed by atoms with Crippen molar-refractivity contribution in [2.45, 2.75) is 11.4 Å². The summed E-state index contributed by atoms with van der Waals surface area (Å²) in [6.45, 7) is 0. The first-order chi connectivity index (χ1) is 15.8.